The third-order valence-electron chi connectivity index (χ3n) is 2.08. The lowest BCUT2D eigenvalue weighted by molar-refractivity contribution is -0.107. The van der Waals surface area contributed by atoms with E-state index in [0.29, 0.717) is 6.42 Å². The van der Waals surface area contributed by atoms with Gasteiger partial charge in [-0.1, -0.05) is 6.07 Å². The van der Waals surface area contributed by atoms with Crippen LogP contribution in [0.15, 0.2) is 22.9 Å². The number of hydrogen-bond acceptors (Lipinski definition) is 2. The van der Waals surface area contributed by atoms with Crippen molar-refractivity contribution in [2.45, 2.75) is 13.3 Å². The Morgan fingerprint density at radius 1 is 1.57 bits per heavy atom. The Labute approximate surface area is 89.9 Å². The summed E-state index contributed by atoms with van der Waals surface area (Å²) in [4.78, 5) is 14.7. The summed E-state index contributed by atoms with van der Waals surface area (Å²) in [5, 5.41) is 0. The Hall–Kier alpha value is -1.16. The highest BCUT2D eigenvalue weighted by Gasteiger charge is 2.07. The topological polar surface area (TPSA) is 34.4 Å². The number of imidazole rings is 1. The van der Waals surface area contributed by atoms with Crippen LogP contribution in [0.1, 0.15) is 11.4 Å². The summed E-state index contributed by atoms with van der Waals surface area (Å²) >= 11 is 3.36. The van der Waals surface area contributed by atoms with Gasteiger partial charge in [-0.15, -0.1) is 0 Å². The summed E-state index contributed by atoms with van der Waals surface area (Å²) < 4.78 is 2.72. The quantitative estimate of drug-likeness (QED) is 0.768. The van der Waals surface area contributed by atoms with Gasteiger partial charge in [0.2, 0.25) is 0 Å². The Bertz CT molecular complexity index is 490. The minimum absolute atomic E-state index is 0.343. The summed E-state index contributed by atoms with van der Waals surface area (Å²) in [6.45, 7) is 2.01. The molecule has 72 valence electrons. The van der Waals surface area contributed by atoms with Crippen molar-refractivity contribution < 1.29 is 4.79 Å². The molecule has 0 bridgehead atoms. The van der Waals surface area contributed by atoms with Crippen LogP contribution in [-0.2, 0) is 11.2 Å². The first-order valence-corrected chi connectivity index (χ1v) is 5.08. The number of aldehydes is 1. The van der Waals surface area contributed by atoms with Crippen LogP contribution in [0.5, 0.6) is 0 Å². The van der Waals surface area contributed by atoms with Gasteiger partial charge in [-0.05, 0) is 34.5 Å². The normalized spacial score (nSPS) is 10.7. The summed E-state index contributed by atoms with van der Waals surface area (Å²) in [6.07, 6.45) is 3.19. The molecule has 0 fully saturated rings. The number of carbonyl (C=O) groups is 1. The van der Waals surface area contributed by atoms with Gasteiger partial charge in [0.05, 0.1) is 11.9 Å². The van der Waals surface area contributed by atoms with Crippen LogP contribution in [0.25, 0.3) is 5.52 Å². The van der Waals surface area contributed by atoms with Crippen LogP contribution in [0.2, 0.25) is 0 Å². The third-order valence-corrected chi connectivity index (χ3v) is 2.66. The molecule has 0 spiro atoms. The number of halogens is 1. The average molecular weight is 253 g/mol. The minimum atomic E-state index is 0.343. The van der Waals surface area contributed by atoms with Gasteiger partial charge in [0.1, 0.15) is 16.7 Å². The van der Waals surface area contributed by atoms with Crippen LogP contribution in [-0.4, -0.2) is 15.7 Å². The molecule has 0 amide bonds. The summed E-state index contributed by atoms with van der Waals surface area (Å²) in [7, 11) is 0. The molecule has 2 heterocycles. The molecule has 0 saturated heterocycles. The van der Waals surface area contributed by atoms with Crippen molar-refractivity contribution in [1.82, 2.24) is 9.38 Å². The second-order valence-corrected chi connectivity index (χ2v) is 3.90. The van der Waals surface area contributed by atoms with Crippen LogP contribution < -0.4 is 0 Å². The number of nitrogens with zero attached hydrogens (tertiary/aromatic N) is 2. The maximum atomic E-state index is 10.4. The number of carbonyl (C=O) groups excluding carboxylic acids is 1. The van der Waals surface area contributed by atoms with E-state index < -0.39 is 0 Å². The molecule has 2 aromatic heterocycles. The number of pyridine rings is 1. The molecule has 0 saturated carbocycles. The van der Waals surface area contributed by atoms with Gasteiger partial charge in [-0.3, -0.25) is 0 Å². The van der Waals surface area contributed by atoms with Gasteiger partial charge in [-0.25, -0.2) is 4.98 Å². The fraction of sp³-hybridized carbons (Fsp3) is 0.200. The van der Waals surface area contributed by atoms with Crippen LogP contribution in [0, 0.1) is 6.92 Å². The molecular formula is C10H9BrN2O. The minimum Gasteiger partial charge on any atom is -0.303 e. The monoisotopic (exact) mass is 252 g/mol. The summed E-state index contributed by atoms with van der Waals surface area (Å²) in [5.41, 5.74) is 2.14. The van der Waals surface area contributed by atoms with E-state index in [1.54, 1.807) is 0 Å². The predicted molar refractivity (Wildman–Crippen MR) is 57.4 cm³/mol. The van der Waals surface area contributed by atoms with E-state index in [9.17, 15) is 4.79 Å². The first kappa shape index (κ1) is 9.40. The lowest BCUT2D eigenvalue weighted by Crippen LogP contribution is -1.95. The zero-order valence-electron chi connectivity index (χ0n) is 7.70. The Morgan fingerprint density at radius 3 is 3.07 bits per heavy atom. The van der Waals surface area contributed by atoms with Crippen molar-refractivity contribution >= 4 is 27.7 Å². The van der Waals surface area contributed by atoms with E-state index in [-0.39, 0.29) is 0 Å². The van der Waals surface area contributed by atoms with Crippen molar-refractivity contribution in [3.05, 3.63) is 34.3 Å². The molecule has 2 aromatic rings. The number of hydrogen-bond donors (Lipinski definition) is 0. The Kier molecular flexibility index (Phi) is 2.37. The Morgan fingerprint density at radius 2 is 2.36 bits per heavy atom. The van der Waals surface area contributed by atoms with Gasteiger partial charge in [0, 0.05) is 6.20 Å². The Balaban J connectivity index is 2.72. The highest BCUT2D eigenvalue weighted by molar-refractivity contribution is 9.10. The number of aromatic nitrogens is 2. The van der Waals surface area contributed by atoms with E-state index in [1.165, 1.54) is 0 Å². The number of aryl methyl sites for hydroxylation is 1. The highest BCUT2D eigenvalue weighted by Crippen LogP contribution is 2.19. The number of fused-ring (bicyclic) bond motifs is 1. The molecule has 0 aromatic carbocycles. The SMILES string of the molecule is Cc1ccc2c(Br)nc(CC=O)n2c1. The fourth-order valence-corrected chi connectivity index (χ4v) is 1.96. The van der Waals surface area contributed by atoms with Gasteiger partial charge < -0.3 is 9.20 Å². The van der Waals surface area contributed by atoms with Crippen molar-refractivity contribution in [2.75, 3.05) is 0 Å². The lowest BCUT2D eigenvalue weighted by Gasteiger charge is -1.98. The second kappa shape index (κ2) is 3.53. The fourth-order valence-electron chi connectivity index (χ4n) is 1.43. The standard InChI is InChI=1S/C10H9BrN2O/c1-7-2-3-8-10(11)12-9(4-5-14)13(8)6-7/h2-3,5-6H,4H2,1H3. The zero-order valence-corrected chi connectivity index (χ0v) is 9.28. The van der Waals surface area contributed by atoms with Crippen molar-refractivity contribution in [1.29, 1.82) is 0 Å². The molecule has 0 aliphatic heterocycles. The maximum Gasteiger partial charge on any atom is 0.132 e. The van der Waals surface area contributed by atoms with E-state index in [4.69, 9.17) is 0 Å². The van der Waals surface area contributed by atoms with Gasteiger partial charge in [-0.2, -0.15) is 0 Å². The molecule has 14 heavy (non-hydrogen) atoms. The van der Waals surface area contributed by atoms with Crippen molar-refractivity contribution in [3.8, 4) is 0 Å². The molecule has 0 radical (unpaired) electrons. The van der Waals surface area contributed by atoms with E-state index in [1.807, 2.05) is 29.7 Å². The summed E-state index contributed by atoms with van der Waals surface area (Å²) in [6, 6.07) is 4.01. The van der Waals surface area contributed by atoms with Gasteiger partial charge in [0.25, 0.3) is 0 Å². The third kappa shape index (κ3) is 1.46. The molecule has 2 rings (SSSR count). The van der Waals surface area contributed by atoms with Crippen molar-refractivity contribution in [2.24, 2.45) is 0 Å². The smallest absolute Gasteiger partial charge is 0.132 e. The molecule has 0 atom stereocenters. The molecule has 3 nitrogen and oxygen atoms in total. The average Bonchev–Trinajstić information content (AvgIpc) is 2.44. The molecule has 4 heteroatoms. The second-order valence-electron chi connectivity index (χ2n) is 3.15. The van der Waals surface area contributed by atoms with Gasteiger partial charge >= 0.3 is 0 Å². The highest BCUT2D eigenvalue weighted by atomic mass is 79.9. The van der Waals surface area contributed by atoms with Crippen LogP contribution in [0.4, 0.5) is 0 Å². The van der Waals surface area contributed by atoms with E-state index in [0.717, 1.165) is 27.8 Å². The molecule has 0 N–H and O–H groups in total. The molecule has 0 aliphatic carbocycles. The van der Waals surface area contributed by atoms with Gasteiger partial charge in [0.15, 0.2) is 0 Å². The van der Waals surface area contributed by atoms with E-state index in [2.05, 4.69) is 20.9 Å². The largest absolute Gasteiger partial charge is 0.303 e. The first-order chi connectivity index (χ1) is 6.72. The first-order valence-electron chi connectivity index (χ1n) is 4.29. The van der Waals surface area contributed by atoms with Crippen LogP contribution >= 0.6 is 15.9 Å². The maximum absolute atomic E-state index is 10.4. The molecule has 0 unspecified atom stereocenters. The summed E-state index contributed by atoms with van der Waals surface area (Å²) in [5.74, 6) is 0.769. The van der Waals surface area contributed by atoms with E-state index >= 15 is 0 Å². The number of rotatable bonds is 2. The molecule has 0 aliphatic rings. The van der Waals surface area contributed by atoms with Crippen molar-refractivity contribution in [3.63, 3.8) is 0 Å². The molecular weight excluding hydrogens is 244 g/mol. The zero-order chi connectivity index (χ0) is 10.1. The lowest BCUT2D eigenvalue weighted by atomic mass is 10.3. The van der Waals surface area contributed by atoms with Crippen LogP contribution in [0.3, 0.4) is 0 Å². The predicted octanol–water partition coefficient (Wildman–Crippen LogP) is 2.15.